The number of nitro benzene ring substituents is 1. The summed E-state index contributed by atoms with van der Waals surface area (Å²) in [7, 11) is 0. The summed E-state index contributed by atoms with van der Waals surface area (Å²) < 4.78 is 0. The van der Waals surface area contributed by atoms with Gasteiger partial charge in [0, 0.05) is 18.1 Å². The van der Waals surface area contributed by atoms with Crippen molar-refractivity contribution in [3.63, 3.8) is 0 Å². The van der Waals surface area contributed by atoms with E-state index in [-0.39, 0.29) is 12.1 Å². The number of nitrogens with two attached hydrogens (primary N) is 1. The van der Waals surface area contributed by atoms with E-state index in [2.05, 4.69) is 5.32 Å². The van der Waals surface area contributed by atoms with Crippen LogP contribution in [0.25, 0.3) is 0 Å². The molecule has 0 fully saturated rings. The quantitative estimate of drug-likeness (QED) is 0.444. The molecular formula is C23H21N3O4. The fourth-order valence-corrected chi connectivity index (χ4v) is 3.41. The number of benzene rings is 3. The molecule has 0 bridgehead atoms. The molecule has 0 radical (unpaired) electrons. The molecule has 0 spiro atoms. The van der Waals surface area contributed by atoms with Gasteiger partial charge in [-0.1, -0.05) is 72.8 Å². The normalized spacial score (nSPS) is 11.6. The topological polar surface area (TPSA) is 115 Å². The summed E-state index contributed by atoms with van der Waals surface area (Å²) in [6.45, 7) is 0. The van der Waals surface area contributed by atoms with Gasteiger partial charge in [0.2, 0.25) is 11.8 Å². The summed E-state index contributed by atoms with van der Waals surface area (Å²) in [5.41, 5.74) is 7.72. The number of non-ortho nitro benzene ring substituents is 1. The van der Waals surface area contributed by atoms with E-state index in [1.54, 1.807) is 6.07 Å². The molecule has 1 atom stereocenters. The summed E-state index contributed by atoms with van der Waals surface area (Å²) in [6.07, 6.45) is -0.109. The predicted molar refractivity (Wildman–Crippen MR) is 113 cm³/mol. The Morgan fingerprint density at radius 1 is 0.900 bits per heavy atom. The number of hydrogen-bond acceptors (Lipinski definition) is 4. The van der Waals surface area contributed by atoms with E-state index in [9.17, 15) is 19.7 Å². The lowest BCUT2D eigenvalue weighted by Gasteiger charge is -2.27. The average Bonchev–Trinajstić information content (AvgIpc) is 2.75. The number of rotatable bonds is 8. The van der Waals surface area contributed by atoms with E-state index >= 15 is 0 Å². The molecule has 0 saturated heterocycles. The summed E-state index contributed by atoms with van der Waals surface area (Å²) in [5.74, 6) is -1.59. The van der Waals surface area contributed by atoms with Crippen LogP contribution in [0.4, 0.5) is 5.69 Å². The molecule has 0 saturated carbocycles. The molecule has 30 heavy (non-hydrogen) atoms. The number of nitrogens with one attached hydrogen (secondary N) is 1. The van der Waals surface area contributed by atoms with Crippen LogP contribution in [0.15, 0.2) is 84.9 Å². The minimum Gasteiger partial charge on any atom is -0.368 e. The SMILES string of the molecule is NC(=O)[C@@H](NC(=O)Cc1cccc([N+](=O)[O-])c1)C(c1ccccc1)c1ccccc1. The number of nitro groups is 1. The molecule has 3 aromatic rings. The molecule has 7 nitrogen and oxygen atoms in total. The zero-order valence-electron chi connectivity index (χ0n) is 16.1. The highest BCUT2D eigenvalue weighted by Crippen LogP contribution is 2.28. The zero-order chi connectivity index (χ0) is 21.5. The molecule has 0 aliphatic heterocycles. The second-order valence-corrected chi connectivity index (χ2v) is 6.85. The van der Waals surface area contributed by atoms with Crippen LogP contribution < -0.4 is 11.1 Å². The molecule has 2 amide bonds. The monoisotopic (exact) mass is 403 g/mol. The van der Waals surface area contributed by atoms with Crippen LogP contribution in [0.5, 0.6) is 0 Å². The molecular weight excluding hydrogens is 382 g/mol. The van der Waals surface area contributed by atoms with Gasteiger partial charge in [0.25, 0.3) is 5.69 Å². The number of nitrogens with zero attached hydrogens (tertiary/aromatic N) is 1. The van der Waals surface area contributed by atoms with Crippen LogP contribution in [0.3, 0.4) is 0 Å². The van der Waals surface area contributed by atoms with Gasteiger partial charge in [-0.15, -0.1) is 0 Å². The molecule has 0 heterocycles. The van der Waals surface area contributed by atoms with Gasteiger partial charge in [-0.25, -0.2) is 0 Å². The predicted octanol–water partition coefficient (Wildman–Crippen LogP) is 2.94. The molecule has 152 valence electrons. The van der Waals surface area contributed by atoms with Gasteiger partial charge < -0.3 is 11.1 Å². The van der Waals surface area contributed by atoms with Gasteiger partial charge in [-0.2, -0.15) is 0 Å². The third kappa shape index (κ3) is 5.08. The number of carbonyl (C=O) groups is 2. The van der Waals surface area contributed by atoms with Crippen LogP contribution >= 0.6 is 0 Å². The smallest absolute Gasteiger partial charge is 0.269 e. The van der Waals surface area contributed by atoms with E-state index in [0.717, 1.165) is 11.1 Å². The number of carbonyl (C=O) groups excluding carboxylic acids is 2. The molecule has 0 aliphatic carbocycles. The first-order chi connectivity index (χ1) is 14.5. The number of hydrogen-bond donors (Lipinski definition) is 2. The van der Waals surface area contributed by atoms with Gasteiger partial charge in [0.05, 0.1) is 11.3 Å². The Hall–Kier alpha value is -4.00. The minimum absolute atomic E-state index is 0.0989. The van der Waals surface area contributed by atoms with Crippen molar-refractivity contribution in [1.82, 2.24) is 5.32 Å². The van der Waals surface area contributed by atoms with Crippen molar-refractivity contribution in [3.8, 4) is 0 Å². The van der Waals surface area contributed by atoms with Crippen molar-refractivity contribution in [2.24, 2.45) is 5.73 Å². The largest absolute Gasteiger partial charge is 0.368 e. The standard InChI is InChI=1S/C23H21N3O4/c24-23(28)22(25-20(27)15-16-8-7-13-19(14-16)26(29)30)21(17-9-3-1-4-10-17)18-11-5-2-6-12-18/h1-14,21-22H,15H2,(H2,24,28)(H,25,27)/t22-/m0/s1. The minimum atomic E-state index is -0.985. The molecule has 3 aromatic carbocycles. The Kier molecular flexibility index (Phi) is 6.54. The molecule has 7 heteroatoms. The molecule has 0 unspecified atom stereocenters. The van der Waals surface area contributed by atoms with Crippen LogP contribution in [-0.2, 0) is 16.0 Å². The van der Waals surface area contributed by atoms with Crippen LogP contribution in [0.2, 0.25) is 0 Å². The summed E-state index contributed by atoms with van der Waals surface area (Å²) in [5, 5.41) is 13.7. The zero-order valence-corrected chi connectivity index (χ0v) is 16.1. The Morgan fingerprint density at radius 3 is 1.97 bits per heavy atom. The van der Waals surface area contributed by atoms with Crippen molar-refractivity contribution >= 4 is 17.5 Å². The Labute approximate surface area is 173 Å². The fraction of sp³-hybridized carbons (Fsp3) is 0.130. The molecule has 3 N–H and O–H groups in total. The lowest BCUT2D eigenvalue weighted by molar-refractivity contribution is -0.384. The van der Waals surface area contributed by atoms with Crippen molar-refractivity contribution in [2.45, 2.75) is 18.4 Å². The summed E-state index contributed by atoms with van der Waals surface area (Å²) >= 11 is 0. The van der Waals surface area contributed by atoms with Crippen LogP contribution in [0, 0.1) is 10.1 Å². The number of primary amides is 1. The van der Waals surface area contributed by atoms with Gasteiger partial charge in [0.15, 0.2) is 0 Å². The molecule has 3 rings (SSSR count). The maximum Gasteiger partial charge on any atom is 0.269 e. The average molecular weight is 403 g/mol. The highest BCUT2D eigenvalue weighted by molar-refractivity contribution is 5.89. The maximum absolute atomic E-state index is 12.7. The number of amides is 2. The van der Waals surface area contributed by atoms with Crippen LogP contribution in [0.1, 0.15) is 22.6 Å². The van der Waals surface area contributed by atoms with Gasteiger partial charge in [-0.3, -0.25) is 19.7 Å². The second-order valence-electron chi connectivity index (χ2n) is 6.85. The lowest BCUT2D eigenvalue weighted by Crippen LogP contribution is -2.49. The van der Waals surface area contributed by atoms with Gasteiger partial charge >= 0.3 is 0 Å². The first kappa shape index (κ1) is 20.7. The first-order valence-corrected chi connectivity index (χ1v) is 9.37. The highest BCUT2D eigenvalue weighted by atomic mass is 16.6. The van der Waals surface area contributed by atoms with Crippen molar-refractivity contribution in [3.05, 3.63) is 112 Å². The van der Waals surface area contributed by atoms with E-state index in [4.69, 9.17) is 5.73 Å². The highest BCUT2D eigenvalue weighted by Gasteiger charge is 2.30. The fourth-order valence-electron chi connectivity index (χ4n) is 3.41. The van der Waals surface area contributed by atoms with Gasteiger partial charge in [0.1, 0.15) is 6.04 Å². The van der Waals surface area contributed by atoms with Crippen molar-refractivity contribution in [2.75, 3.05) is 0 Å². The lowest BCUT2D eigenvalue weighted by atomic mass is 9.84. The maximum atomic E-state index is 12.7. The third-order valence-corrected chi connectivity index (χ3v) is 4.76. The van der Waals surface area contributed by atoms with E-state index < -0.39 is 28.7 Å². The first-order valence-electron chi connectivity index (χ1n) is 9.37. The molecule has 0 aromatic heterocycles. The Morgan fingerprint density at radius 2 is 1.47 bits per heavy atom. The van der Waals surface area contributed by atoms with Crippen LogP contribution in [-0.4, -0.2) is 22.8 Å². The van der Waals surface area contributed by atoms with E-state index in [0.29, 0.717) is 5.56 Å². The van der Waals surface area contributed by atoms with Crippen molar-refractivity contribution < 1.29 is 14.5 Å². The third-order valence-electron chi connectivity index (χ3n) is 4.76. The van der Waals surface area contributed by atoms with Crippen molar-refractivity contribution in [1.29, 1.82) is 0 Å². The van der Waals surface area contributed by atoms with E-state index in [1.165, 1.54) is 18.2 Å². The molecule has 0 aliphatic rings. The Balaban J connectivity index is 1.87. The summed E-state index contributed by atoms with van der Waals surface area (Å²) in [4.78, 5) is 35.5. The van der Waals surface area contributed by atoms with E-state index in [1.807, 2.05) is 60.7 Å². The second kappa shape index (κ2) is 9.47. The Bertz CT molecular complexity index is 999. The summed E-state index contributed by atoms with van der Waals surface area (Å²) in [6, 6.07) is 23.5. The van der Waals surface area contributed by atoms with Gasteiger partial charge in [-0.05, 0) is 16.7 Å².